The summed E-state index contributed by atoms with van der Waals surface area (Å²) in [6.07, 6.45) is 1.08. The fourth-order valence-corrected chi connectivity index (χ4v) is 2.34. The Kier molecular flexibility index (Phi) is 5.40. The van der Waals surface area contributed by atoms with Gasteiger partial charge in [-0.05, 0) is 42.5 Å². The quantitative estimate of drug-likeness (QED) is 0.836. The standard InChI is InChI=1S/C19H25NO/c1-4-14(2)16-10-12-18(13-11-16)21-15(3)19(20)17-8-6-5-7-9-17/h5-15,19H,4,20H2,1-3H3. The van der Waals surface area contributed by atoms with Crippen LogP contribution in [0.15, 0.2) is 54.6 Å². The van der Waals surface area contributed by atoms with Crippen LogP contribution >= 0.6 is 0 Å². The molecule has 3 unspecified atom stereocenters. The van der Waals surface area contributed by atoms with Gasteiger partial charge >= 0.3 is 0 Å². The molecule has 0 spiro atoms. The summed E-state index contributed by atoms with van der Waals surface area (Å²) in [4.78, 5) is 0. The lowest BCUT2D eigenvalue weighted by atomic mass is 9.99. The van der Waals surface area contributed by atoms with Crippen molar-refractivity contribution in [1.29, 1.82) is 0 Å². The Labute approximate surface area is 127 Å². The van der Waals surface area contributed by atoms with Crippen molar-refractivity contribution in [2.24, 2.45) is 5.73 Å². The van der Waals surface area contributed by atoms with E-state index in [1.54, 1.807) is 0 Å². The van der Waals surface area contributed by atoms with Gasteiger partial charge < -0.3 is 10.5 Å². The maximum absolute atomic E-state index is 6.26. The number of hydrogen-bond acceptors (Lipinski definition) is 2. The molecule has 0 saturated heterocycles. The molecule has 0 bridgehead atoms. The molecular formula is C19H25NO. The largest absolute Gasteiger partial charge is 0.489 e. The van der Waals surface area contributed by atoms with Gasteiger partial charge in [0.05, 0.1) is 6.04 Å². The number of nitrogens with two attached hydrogens (primary N) is 1. The maximum atomic E-state index is 6.26. The Morgan fingerprint density at radius 3 is 2.10 bits per heavy atom. The second-order valence-corrected chi connectivity index (χ2v) is 5.64. The predicted molar refractivity (Wildman–Crippen MR) is 88.6 cm³/mol. The Bertz CT molecular complexity index is 535. The summed E-state index contributed by atoms with van der Waals surface area (Å²) in [5.41, 5.74) is 8.71. The molecule has 0 aliphatic rings. The highest BCUT2D eigenvalue weighted by Gasteiger charge is 2.16. The summed E-state index contributed by atoms with van der Waals surface area (Å²) in [5.74, 6) is 1.46. The van der Waals surface area contributed by atoms with Gasteiger partial charge in [0.2, 0.25) is 0 Å². The van der Waals surface area contributed by atoms with Crippen LogP contribution in [0.3, 0.4) is 0 Å². The highest BCUT2D eigenvalue weighted by atomic mass is 16.5. The molecule has 0 aliphatic carbocycles. The minimum Gasteiger partial charge on any atom is -0.489 e. The van der Waals surface area contributed by atoms with E-state index in [-0.39, 0.29) is 12.1 Å². The van der Waals surface area contributed by atoms with Crippen LogP contribution < -0.4 is 10.5 Å². The average Bonchev–Trinajstić information content (AvgIpc) is 2.55. The first kappa shape index (κ1) is 15.6. The van der Waals surface area contributed by atoms with E-state index in [1.807, 2.05) is 49.4 Å². The second-order valence-electron chi connectivity index (χ2n) is 5.64. The SMILES string of the molecule is CCC(C)c1ccc(OC(C)C(N)c2ccccc2)cc1. The van der Waals surface area contributed by atoms with Crippen molar-refractivity contribution in [3.05, 3.63) is 65.7 Å². The zero-order valence-electron chi connectivity index (χ0n) is 13.1. The minimum absolute atomic E-state index is 0.0677. The molecule has 2 heteroatoms. The molecule has 2 rings (SSSR count). The van der Waals surface area contributed by atoms with E-state index in [9.17, 15) is 0 Å². The first-order valence-electron chi connectivity index (χ1n) is 7.69. The van der Waals surface area contributed by atoms with Crippen molar-refractivity contribution in [2.45, 2.75) is 45.3 Å². The fourth-order valence-electron chi connectivity index (χ4n) is 2.34. The number of hydrogen-bond donors (Lipinski definition) is 1. The van der Waals surface area contributed by atoms with Gasteiger partial charge in [0.25, 0.3) is 0 Å². The lowest BCUT2D eigenvalue weighted by Gasteiger charge is -2.22. The predicted octanol–water partition coefficient (Wildman–Crippen LogP) is 4.67. The first-order chi connectivity index (χ1) is 10.1. The summed E-state index contributed by atoms with van der Waals surface area (Å²) in [6.45, 7) is 6.46. The number of ether oxygens (including phenoxy) is 1. The van der Waals surface area contributed by atoms with Crippen LogP contribution in [0, 0.1) is 0 Å². The molecule has 0 aromatic heterocycles. The smallest absolute Gasteiger partial charge is 0.119 e. The zero-order valence-corrected chi connectivity index (χ0v) is 13.1. The summed E-state index contributed by atoms with van der Waals surface area (Å²) in [6, 6.07) is 18.3. The van der Waals surface area contributed by atoms with Gasteiger partial charge in [0.15, 0.2) is 0 Å². The molecule has 2 N–H and O–H groups in total. The second kappa shape index (κ2) is 7.28. The van der Waals surface area contributed by atoms with Gasteiger partial charge in [-0.2, -0.15) is 0 Å². The molecule has 21 heavy (non-hydrogen) atoms. The van der Waals surface area contributed by atoms with Crippen molar-refractivity contribution in [2.75, 3.05) is 0 Å². The van der Waals surface area contributed by atoms with Crippen molar-refractivity contribution < 1.29 is 4.74 Å². The van der Waals surface area contributed by atoms with E-state index >= 15 is 0 Å². The molecular weight excluding hydrogens is 258 g/mol. The molecule has 0 amide bonds. The molecule has 0 aliphatic heterocycles. The van der Waals surface area contributed by atoms with Crippen LogP contribution in [0.1, 0.15) is 50.3 Å². The van der Waals surface area contributed by atoms with E-state index in [0.29, 0.717) is 5.92 Å². The maximum Gasteiger partial charge on any atom is 0.119 e. The monoisotopic (exact) mass is 283 g/mol. The van der Waals surface area contributed by atoms with Gasteiger partial charge in [-0.3, -0.25) is 0 Å². The van der Waals surface area contributed by atoms with Crippen LogP contribution in [-0.4, -0.2) is 6.10 Å². The molecule has 0 heterocycles. The molecule has 0 saturated carbocycles. The van der Waals surface area contributed by atoms with E-state index in [1.165, 1.54) is 5.56 Å². The molecule has 112 valence electrons. The topological polar surface area (TPSA) is 35.2 Å². The van der Waals surface area contributed by atoms with Gasteiger partial charge in [-0.15, -0.1) is 0 Å². The molecule has 2 aromatic rings. The van der Waals surface area contributed by atoms with E-state index in [2.05, 4.69) is 26.0 Å². The number of rotatable bonds is 6. The minimum atomic E-state index is -0.125. The molecule has 2 nitrogen and oxygen atoms in total. The van der Waals surface area contributed by atoms with Crippen LogP contribution in [0.5, 0.6) is 5.75 Å². The summed E-state index contributed by atoms with van der Waals surface area (Å²) < 4.78 is 5.97. The summed E-state index contributed by atoms with van der Waals surface area (Å²) in [7, 11) is 0. The van der Waals surface area contributed by atoms with Crippen molar-refractivity contribution in [1.82, 2.24) is 0 Å². The van der Waals surface area contributed by atoms with E-state index < -0.39 is 0 Å². The molecule has 0 radical (unpaired) electrons. The average molecular weight is 283 g/mol. The normalized spacial score (nSPS) is 15.2. The fraction of sp³-hybridized carbons (Fsp3) is 0.368. The zero-order chi connectivity index (χ0) is 15.2. The first-order valence-corrected chi connectivity index (χ1v) is 7.69. The summed E-state index contributed by atoms with van der Waals surface area (Å²) in [5, 5.41) is 0. The Morgan fingerprint density at radius 2 is 1.52 bits per heavy atom. The van der Waals surface area contributed by atoms with Gasteiger partial charge in [-0.1, -0.05) is 56.3 Å². The van der Waals surface area contributed by atoms with E-state index in [0.717, 1.165) is 17.7 Å². The third-order valence-electron chi connectivity index (χ3n) is 4.07. The van der Waals surface area contributed by atoms with Gasteiger partial charge in [-0.25, -0.2) is 0 Å². The van der Waals surface area contributed by atoms with Gasteiger partial charge in [0.1, 0.15) is 11.9 Å². The highest BCUT2D eigenvalue weighted by molar-refractivity contribution is 5.29. The number of benzene rings is 2. The molecule has 3 atom stereocenters. The molecule has 2 aromatic carbocycles. The van der Waals surface area contributed by atoms with Crippen LogP contribution in [0.4, 0.5) is 0 Å². The highest BCUT2D eigenvalue weighted by Crippen LogP contribution is 2.24. The van der Waals surface area contributed by atoms with Crippen LogP contribution in [0.25, 0.3) is 0 Å². The van der Waals surface area contributed by atoms with Crippen molar-refractivity contribution in [3.63, 3.8) is 0 Å². The Morgan fingerprint density at radius 1 is 0.905 bits per heavy atom. The van der Waals surface area contributed by atoms with Crippen LogP contribution in [-0.2, 0) is 0 Å². The molecule has 0 fully saturated rings. The van der Waals surface area contributed by atoms with Crippen molar-refractivity contribution in [3.8, 4) is 5.75 Å². The summed E-state index contributed by atoms with van der Waals surface area (Å²) >= 11 is 0. The van der Waals surface area contributed by atoms with E-state index in [4.69, 9.17) is 10.5 Å². The van der Waals surface area contributed by atoms with Crippen molar-refractivity contribution >= 4 is 0 Å². The third-order valence-corrected chi connectivity index (χ3v) is 4.07. The lowest BCUT2D eigenvalue weighted by Crippen LogP contribution is -2.28. The van der Waals surface area contributed by atoms with Crippen LogP contribution in [0.2, 0.25) is 0 Å². The Hall–Kier alpha value is -1.80. The third kappa shape index (κ3) is 4.08. The Balaban J connectivity index is 2.01. The lowest BCUT2D eigenvalue weighted by molar-refractivity contribution is 0.190. The van der Waals surface area contributed by atoms with Gasteiger partial charge in [0, 0.05) is 0 Å².